The normalized spacial score (nSPS) is 11.6. The minimum absolute atomic E-state index is 0.0506. The molecule has 2 aromatic rings. The van der Waals surface area contributed by atoms with Crippen molar-refractivity contribution in [3.05, 3.63) is 65.2 Å². The summed E-state index contributed by atoms with van der Waals surface area (Å²) in [6, 6.07) is 17.0. The van der Waals surface area contributed by atoms with Gasteiger partial charge in [0.25, 0.3) is 0 Å². The van der Waals surface area contributed by atoms with Gasteiger partial charge in [0.05, 0.1) is 6.54 Å². The standard InChI is InChI=1S/C24H34N2O/c1-17(2)21-13-10-14-22(18(3)4)24(21)25-23(27)16-26(19(5)6)15-20-11-8-7-9-12-20/h7-14,17-19H,15-16H2,1-6H3,(H,25,27). The second kappa shape index (κ2) is 9.70. The van der Waals surface area contributed by atoms with E-state index in [0.29, 0.717) is 24.4 Å². The molecule has 1 amide bonds. The van der Waals surface area contributed by atoms with Crippen molar-refractivity contribution >= 4 is 11.6 Å². The molecule has 2 aromatic carbocycles. The summed E-state index contributed by atoms with van der Waals surface area (Å²) in [5.41, 5.74) is 4.63. The van der Waals surface area contributed by atoms with Crippen molar-refractivity contribution in [3.63, 3.8) is 0 Å². The van der Waals surface area contributed by atoms with Crippen LogP contribution in [0, 0.1) is 0 Å². The SMILES string of the molecule is CC(C)c1cccc(C(C)C)c1NC(=O)CN(Cc1ccccc1)C(C)C. The molecule has 1 N–H and O–H groups in total. The van der Waals surface area contributed by atoms with E-state index in [9.17, 15) is 4.79 Å². The first-order chi connectivity index (χ1) is 12.8. The van der Waals surface area contributed by atoms with Gasteiger partial charge in [-0.05, 0) is 42.4 Å². The van der Waals surface area contributed by atoms with Crippen LogP contribution in [-0.4, -0.2) is 23.4 Å². The first-order valence-corrected chi connectivity index (χ1v) is 10.00. The second-order valence-corrected chi connectivity index (χ2v) is 8.15. The topological polar surface area (TPSA) is 32.3 Å². The summed E-state index contributed by atoms with van der Waals surface area (Å²) in [6.45, 7) is 14.1. The molecule has 0 aromatic heterocycles. The zero-order valence-corrected chi connectivity index (χ0v) is 17.6. The summed E-state index contributed by atoms with van der Waals surface area (Å²) in [7, 11) is 0. The van der Waals surface area contributed by atoms with E-state index in [-0.39, 0.29) is 5.91 Å². The highest BCUT2D eigenvalue weighted by atomic mass is 16.2. The number of hydrogen-bond acceptors (Lipinski definition) is 2. The van der Waals surface area contributed by atoms with E-state index in [2.05, 4.69) is 82.1 Å². The van der Waals surface area contributed by atoms with E-state index in [4.69, 9.17) is 0 Å². The molecule has 0 spiro atoms. The Morgan fingerprint density at radius 3 is 1.89 bits per heavy atom. The molecule has 0 unspecified atom stereocenters. The summed E-state index contributed by atoms with van der Waals surface area (Å²) in [4.78, 5) is 15.1. The summed E-state index contributed by atoms with van der Waals surface area (Å²) >= 11 is 0. The lowest BCUT2D eigenvalue weighted by atomic mass is 9.92. The van der Waals surface area contributed by atoms with Crippen molar-refractivity contribution in [2.24, 2.45) is 0 Å². The van der Waals surface area contributed by atoms with Gasteiger partial charge in [0.15, 0.2) is 0 Å². The van der Waals surface area contributed by atoms with Crippen LogP contribution >= 0.6 is 0 Å². The molecule has 146 valence electrons. The van der Waals surface area contributed by atoms with E-state index in [1.54, 1.807) is 0 Å². The third-order valence-corrected chi connectivity index (χ3v) is 4.94. The molecular weight excluding hydrogens is 332 g/mol. The zero-order chi connectivity index (χ0) is 20.0. The molecule has 0 aliphatic carbocycles. The molecule has 3 nitrogen and oxygen atoms in total. The van der Waals surface area contributed by atoms with Gasteiger partial charge in [0, 0.05) is 18.3 Å². The largest absolute Gasteiger partial charge is 0.324 e. The fourth-order valence-electron chi connectivity index (χ4n) is 3.30. The lowest BCUT2D eigenvalue weighted by Gasteiger charge is -2.27. The molecular formula is C24H34N2O. The van der Waals surface area contributed by atoms with Gasteiger partial charge in [0.2, 0.25) is 5.91 Å². The highest BCUT2D eigenvalue weighted by Gasteiger charge is 2.19. The number of para-hydroxylation sites is 1. The molecule has 0 aliphatic rings. The highest BCUT2D eigenvalue weighted by molar-refractivity contribution is 5.94. The van der Waals surface area contributed by atoms with Crippen LogP contribution in [0.25, 0.3) is 0 Å². The van der Waals surface area contributed by atoms with Gasteiger partial charge in [-0.2, -0.15) is 0 Å². The molecule has 0 heterocycles. The molecule has 0 aliphatic heterocycles. The number of nitrogens with one attached hydrogen (secondary N) is 1. The van der Waals surface area contributed by atoms with Crippen LogP contribution in [-0.2, 0) is 11.3 Å². The zero-order valence-electron chi connectivity index (χ0n) is 17.6. The summed E-state index contributed by atoms with van der Waals surface area (Å²) in [5.74, 6) is 0.781. The Labute approximate surface area is 164 Å². The number of nitrogens with zero attached hydrogens (tertiary/aromatic N) is 1. The smallest absolute Gasteiger partial charge is 0.238 e. The third kappa shape index (κ3) is 5.93. The summed E-state index contributed by atoms with van der Waals surface area (Å²) in [6.07, 6.45) is 0. The van der Waals surface area contributed by atoms with Crippen LogP contribution in [0.5, 0.6) is 0 Å². The van der Waals surface area contributed by atoms with E-state index in [1.807, 2.05) is 18.2 Å². The van der Waals surface area contributed by atoms with E-state index < -0.39 is 0 Å². The third-order valence-electron chi connectivity index (χ3n) is 4.94. The molecule has 0 saturated heterocycles. The second-order valence-electron chi connectivity index (χ2n) is 8.15. The molecule has 0 fully saturated rings. The first kappa shape index (κ1) is 21.2. The molecule has 0 bridgehead atoms. The van der Waals surface area contributed by atoms with Crippen molar-refractivity contribution in [2.45, 2.75) is 66.0 Å². The molecule has 0 saturated carbocycles. The lowest BCUT2D eigenvalue weighted by Crippen LogP contribution is -2.37. The van der Waals surface area contributed by atoms with Gasteiger partial charge < -0.3 is 5.32 Å². The van der Waals surface area contributed by atoms with E-state index in [0.717, 1.165) is 12.2 Å². The molecule has 0 atom stereocenters. The highest BCUT2D eigenvalue weighted by Crippen LogP contribution is 2.32. The quantitative estimate of drug-likeness (QED) is 0.642. The van der Waals surface area contributed by atoms with Crippen molar-refractivity contribution < 1.29 is 4.79 Å². The molecule has 27 heavy (non-hydrogen) atoms. The monoisotopic (exact) mass is 366 g/mol. The van der Waals surface area contributed by atoms with E-state index >= 15 is 0 Å². The van der Waals surface area contributed by atoms with Gasteiger partial charge in [-0.3, -0.25) is 9.69 Å². The van der Waals surface area contributed by atoms with Crippen molar-refractivity contribution in [1.29, 1.82) is 0 Å². The predicted octanol–water partition coefficient (Wildman–Crippen LogP) is 5.78. The number of benzene rings is 2. The number of carbonyl (C=O) groups excluding carboxylic acids is 1. The Kier molecular flexibility index (Phi) is 7.61. The maximum atomic E-state index is 12.9. The molecule has 0 radical (unpaired) electrons. The van der Waals surface area contributed by atoms with E-state index in [1.165, 1.54) is 16.7 Å². The van der Waals surface area contributed by atoms with Crippen LogP contribution in [0.3, 0.4) is 0 Å². The Balaban J connectivity index is 2.18. The van der Waals surface area contributed by atoms with Crippen LogP contribution in [0.1, 0.15) is 70.1 Å². The van der Waals surface area contributed by atoms with Gasteiger partial charge >= 0.3 is 0 Å². The maximum absolute atomic E-state index is 12.9. The van der Waals surface area contributed by atoms with Gasteiger partial charge in [0.1, 0.15) is 0 Å². The molecule has 2 rings (SSSR count). The number of amides is 1. The van der Waals surface area contributed by atoms with Gasteiger partial charge in [-0.1, -0.05) is 76.2 Å². The summed E-state index contributed by atoms with van der Waals surface area (Å²) in [5, 5.41) is 3.23. The minimum Gasteiger partial charge on any atom is -0.324 e. The average molecular weight is 367 g/mol. The van der Waals surface area contributed by atoms with Crippen LogP contribution in [0.15, 0.2) is 48.5 Å². The van der Waals surface area contributed by atoms with Gasteiger partial charge in [-0.25, -0.2) is 0 Å². The predicted molar refractivity (Wildman–Crippen MR) is 115 cm³/mol. The number of rotatable bonds is 8. The number of anilines is 1. The van der Waals surface area contributed by atoms with Crippen molar-refractivity contribution in [2.75, 3.05) is 11.9 Å². The number of hydrogen-bond donors (Lipinski definition) is 1. The Hall–Kier alpha value is -2.13. The Morgan fingerprint density at radius 2 is 1.41 bits per heavy atom. The average Bonchev–Trinajstić information content (AvgIpc) is 2.61. The minimum atomic E-state index is 0.0506. The Bertz CT molecular complexity index is 709. The van der Waals surface area contributed by atoms with Crippen LogP contribution in [0.4, 0.5) is 5.69 Å². The van der Waals surface area contributed by atoms with Gasteiger partial charge in [-0.15, -0.1) is 0 Å². The Morgan fingerprint density at radius 1 is 0.852 bits per heavy atom. The van der Waals surface area contributed by atoms with Crippen molar-refractivity contribution in [3.8, 4) is 0 Å². The first-order valence-electron chi connectivity index (χ1n) is 10.00. The lowest BCUT2D eigenvalue weighted by molar-refractivity contribution is -0.117. The fourth-order valence-corrected chi connectivity index (χ4v) is 3.30. The van der Waals surface area contributed by atoms with Crippen LogP contribution in [0.2, 0.25) is 0 Å². The summed E-state index contributed by atoms with van der Waals surface area (Å²) < 4.78 is 0. The number of carbonyl (C=O) groups is 1. The molecule has 3 heteroatoms. The van der Waals surface area contributed by atoms with Crippen molar-refractivity contribution in [1.82, 2.24) is 4.90 Å². The maximum Gasteiger partial charge on any atom is 0.238 e. The van der Waals surface area contributed by atoms with Crippen LogP contribution < -0.4 is 5.32 Å². The fraction of sp³-hybridized carbons (Fsp3) is 0.458.